The zero-order valence-electron chi connectivity index (χ0n) is 17.5. The quantitative estimate of drug-likeness (QED) is 0.446. The molecule has 1 saturated heterocycles. The summed E-state index contributed by atoms with van der Waals surface area (Å²) in [4.78, 5) is 19.6. The predicted molar refractivity (Wildman–Crippen MR) is 119 cm³/mol. The van der Waals surface area contributed by atoms with E-state index in [-0.39, 0.29) is 12.2 Å². The van der Waals surface area contributed by atoms with Gasteiger partial charge in [-0.25, -0.2) is 4.68 Å². The minimum absolute atomic E-state index is 0.0677. The summed E-state index contributed by atoms with van der Waals surface area (Å²) in [7, 11) is 2.13. The van der Waals surface area contributed by atoms with Crippen LogP contribution in [0.25, 0.3) is 21.3 Å². The Morgan fingerprint density at radius 2 is 1.97 bits per heavy atom. The monoisotopic (exact) mass is 433 g/mol. The van der Waals surface area contributed by atoms with Crippen LogP contribution in [0.3, 0.4) is 0 Å². The lowest BCUT2D eigenvalue weighted by molar-refractivity contribution is 0.0987. The van der Waals surface area contributed by atoms with Gasteiger partial charge in [-0.1, -0.05) is 28.7 Å². The molecule has 1 aromatic carbocycles. The average Bonchev–Trinajstić information content (AvgIpc) is 3.43. The molecule has 1 aliphatic rings. The molecule has 3 aromatic heterocycles. The first kappa shape index (κ1) is 19.9. The standard InChI is InChI=1S/C22H23N7OS/c1-14-24-26-22(31-14)15-3-4-16-12-23-18(10-17(16)9-15)11-21(30)20-13-29(27-25-20)19-5-7-28(2)8-6-19/h3-4,9-10,12-13,19H,5-8,11H2,1-2H3. The fraction of sp³-hybridized carbons (Fsp3) is 0.364. The Balaban J connectivity index is 1.33. The third kappa shape index (κ3) is 4.24. The van der Waals surface area contributed by atoms with Gasteiger partial charge in [-0.2, -0.15) is 0 Å². The number of fused-ring (bicyclic) bond motifs is 1. The Bertz CT molecular complexity index is 1240. The Labute approximate surface area is 183 Å². The molecule has 158 valence electrons. The largest absolute Gasteiger partial charge is 0.306 e. The first-order valence-electron chi connectivity index (χ1n) is 10.4. The normalized spacial score (nSPS) is 15.5. The van der Waals surface area contributed by atoms with E-state index in [1.54, 1.807) is 17.5 Å². The second-order valence-corrected chi connectivity index (χ2v) is 9.26. The molecule has 0 atom stereocenters. The molecule has 31 heavy (non-hydrogen) atoms. The number of aromatic nitrogens is 6. The Morgan fingerprint density at radius 1 is 1.13 bits per heavy atom. The highest BCUT2D eigenvalue weighted by Gasteiger charge is 2.21. The maximum Gasteiger partial charge on any atom is 0.190 e. The average molecular weight is 434 g/mol. The van der Waals surface area contributed by atoms with Crippen molar-refractivity contribution in [1.29, 1.82) is 0 Å². The molecule has 0 spiro atoms. The van der Waals surface area contributed by atoms with Gasteiger partial charge in [-0.3, -0.25) is 9.78 Å². The lowest BCUT2D eigenvalue weighted by atomic mass is 10.1. The summed E-state index contributed by atoms with van der Waals surface area (Å²) in [6.07, 6.45) is 5.84. The number of pyridine rings is 1. The Hall–Kier alpha value is -3.04. The van der Waals surface area contributed by atoms with Crippen LogP contribution in [-0.2, 0) is 6.42 Å². The Morgan fingerprint density at radius 3 is 2.74 bits per heavy atom. The van der Waals surface area contributed by atoms with E-state index in [9.17, 15) is 4.79 Å². The van der Waals surface area contributed by atoms with E-state index in [4.69, 9.17) is 0 Å². The van der Waals surface area contributed by atoms with Crippen LogP contribution in [0, 0.1) is 6.92 Å². The molecule has 5 rings (SSSR count). The molecule has 8 nitrogen and oxygen atoms in total. The number of ketones is 1. The number of aryl methyl sites for hydroxylation is 1. The van der Waals surface area contributed by atoms with E-state index in [2.05, 4.69) is 43.5 Å². The molecular weight excluding hydrogens is 410 g/mol. The molecule has 0 radical (unpaired) electrons. The summed E-state index contributed by atoms with van der Waals surface area (Å²) in [6, 6.07) is 8.39. The van der Waals surface area contributed by atoms with Gasteiger partial charge in [0.15, 0.2) is 5.78 Å². The van der Waals surface area contributed by atoms with E-state index in [0.717, 1.165) is 58.0 Å². The minimum atomic E-state index is -0.0677. The molecule has 0 unspecified atom stereocenters. The summed E-state index contributed by atoms with van der Waals surface area (Å²) in [5.74, 6) is -0.0677. The molecule has 9 heteroatoms. The third-order valence-electron chi connectivity index (χ3n) is 5.75. The maximum atomic E-state index is 12.8. The van der Waals surface area contributed by atoms with E-state index in [1.165, 1.54) is 0 Å². The molecule has 4 aromatic rings. The van der Waals surface area contributed by atoms with E-state index < -0.39 is 0 Å². The first-order chi connectivity index (χ1) is 15.0. The van der Waals surface area contributed by atoms with Gasteiger partial charge in [-0.15, -0.1) is 15.3 Å². The Kier molecular flexibility index (Phi) is 5.29. The van der Waals surface area contributed by atoms with E-state index in [1.807, 2.05) is 36.0 Å². The summed E-state index contributed by atoms with van der Waals surface area (Å²) >= 11 is 1.56. The fourth-order valence-electron chi connectivity index (χ4n) is 3.93. The molecule has 1 aliphatic heterocycles. The van der Waals surface area contributed by atoms with Crippen molar-refractivity contribution in [2.24, 2.45) is 0 Å². The second kappa shape index (κ2) is 8.24. The van der Waals surface area contributed by atoms with E-state index in [0.29, 0.717) is 11.7 Å². The number of piperidine rings is 1. The number of carbonyl (C=O) groups is 1. The van der Waals surface area contributed by atoms with Crippen LogP contribution in [0.5, 0.6) is 0 Å². The zero-order chi connectivity index (χ0) is 21.4. The van der Waals surface area contributed by atoms with Crippen LogP contribution < -0.4 is 0 Å². The molecule has 0 bridgehead atoms. The number of carbonyl (C=O) groups excluding carboxylic acids is 1. The van der Waals surface area contributed by atoms with Crippen LogP contribution in [0.1, 0.15) is 40.1 Å². The second-order valence-electron chi connectivity index (χ2n) is 8.08. The number of Topliss-reactive ketones (excluding diaryl/α,β-unsaturated/α-hetero) is 1. The number of benzene rings is 1. The van der Waals surface area contributed by atoms with Crippen LogP contribution in [-0.4, -0.2) is 61.0 Å². The first-order valence-corrected chi connectivity index (χ1v) is 11.2. The maximum absolute atomic E-state index is 12.8. The summed E-state index contributed by atoms with van der Waals surface area (Å²) in [5, 5.41) is 20.5. The smallest absolute Gasteiger partial charge is 0.190 e. The van der Waals surface area contributed by atoms with Crippen LogP contribution in [0.2, 0.25) is 0 Å². The van der Waals surface area contributed by atoms with Crippen molar-refractivity contribution in [1.82, 2.24) is 35.1 Å². The molecule has 0 aliphatic carbocycles. The van der Waals surface area contributed by atoms with Crippen molar-refractivity contribution < 1.29 is 4.79 Å². The number of hydrogen-bond acceptors (Lipinski definition) is 8. The van der Waals surface area contributed by atoms with Gasteiger partial charge < -0.3 is 4.90 Å². The van der Waals surface area contributed by atoms with E-state index >= 15 is 0 Å². The van der Waals surface area contributed by atoms with Crippen LogP contribution >= 0.6 is 11.3 Å². The van der Waals surface area contributed by atoms with Gasteiger partial charge in [0.05, 0.1) is 18.7 Å². The van der Waals surface area contributed by atoms with Crippen LogP contribution in [0.4, 0.5) is 0 Å². The van der Waals surface area contributed by atoms with Crippen molar-refractivity contribution >= 4 is 27.9 Å². The van der Waals surface area contributed by atoms with Crippen molar-refractivity contribution in [2.45, 2.75) is 32.2 Å². The predicted octanol–water partition coefficient (Wildman–Crippen LogP) is 3.35. The molecule has 0 saturated carbocycles. The molecule has 0 amide bonds. The lowest BCUT2D eigenvalue weighted by Gasteiger charge is -2.28. The summed E-state index contributed by atoms with van der Waals surface area (Å²) < 4.78 is 1.85. The molecular formula is C22H23N7OS. The number of hydrogen-bond donors (Lipinski definition) is 0. The molecule has 0 N–H and O–H groups in total. The van der Waals surface area contributed by atoms with Crippen molar-refractivity contribution in [3.05, 3.63) is 53.1 Å². The zero-order valence-corrected chi connectivity index (χ0v) is 18.3. The molecule has 1 fully saturated rings. The van der Waals surface area contributed by atoms with Crippen molar-refractivity contribution in [3.8, 4) is 10.6 Å². The fourth-order valence-corrected chi connectivity index (χ4v) is 4.61. The number of rotatable bonds is 5. The van der Waals surface area contributed by atoms with Crippen molar-refractivity contribution in [2.75, 3.05) is 20.1 Å². The highest BCUT2D eigenvalue weighted by molar-refractivity contribution is 7.14. The minimum Gasteiger partial charge on any atom is -0.306 e. The highest BCUT2D eigenvalue weighted by atomic mass is 32.1. The number of nitrogens with zero attached hydrogens (tertiary/aromatic N) is 7. The van der Waals surface area contributed by atoms with Gasteiger partial charge >= 0.3 is 0 Å². The third-order valence-corrected chi connectivity index (χ3v) is 6.64. The topological polar surface area (TPSA) is 89.7 Å². The van der Waals surface area contributed by atoms with Gasteiger partial charge in [-0.05, 0) is 57.4 Å². The van der Waals surface area contributed by atoms with Gasteiger partial charge in [0.1, 0.15) is 15.7 Å². The van der Waals surface area contributed by atoms with Gasteiger partial charge in [0, 0.05) is 22.8 Å². The summed E-state index contributed by atoms with van der Waals surface area (Å²) in [5.41, 5.74) is 2.14. The van der Waals surface area contributed by atoms with Gasteiger partial charge in [0.25, 0.3) is 0 Å². The lowest BCUT2D eigenvalue weighted by Crippen LogP contribution is -2.31. The van der Waals surface area contributed by atoms with Crippen LogP contribution in [0.15, 0.2) is 36.7 Å². The number of likely N-dealkylation sites (tertiary alicyclic amines) is 1. The van der Waals surface area contributed by atoms with Gasteiger partial charge in [0.2, 0.25) is 0 Å². The van der Waals surface area contributed by atoms with Crippen molar-refractivity contribution in [3.63, 3.8) is 0 Å². The molecule has 4 heterocycles. The highest BCUT2D eigenvalue weighted by Crippen LogP contribution is 2.27. The summed E-state index contributed by atoms with van der Waals surface area (Å²) in [6.45, 7) is 4.01. The SMILES string of the molecule is Cc1nnc(-c2ccc3cnc(CC(=O)c4cn(C5CCN(C)CC5)nn4)cc3c2)s1.